The number of anilines is 2. The Balaban J connectivity index is 1.84. The molecule has 5 nitrogen and oxygen atoms in total. The van der Waals surface area contributed by atoms with Crippen molar-refractivity contribution in [3.05, 3.63) is 11.3 Å². The Morgan fingerprint density at radius 2 is 1.84 bits per heavy atom. The van der Waals surface area contributed by atoms with Gasteiger partial charge in [-0.2, -0.15) is 4.98 Å². The zero-order chi connectivity index (χ0) is 13.1. The Bertz CT molecular complexity index is 440. The maximum absolute atomic E-state index is 5.86. The van der Waals surface area contributed by atoms with Crippen LogP contribution in [-0.4, -0.2) is 29.1 Å². The Hall–Kier alpha value is -1.36. The molecule has 0 atom stereocenters. The van der Waals surface area contributed by atoms with E-state index >= 15 is 0 Å². The summed E-state index contributed by atoms with van der Waals surface area (Å²) in [4.78, 5) is 8.86. The van der Waals surface area contributed by atoms with Gasteiger partial charge in [0.25, 0.3) is 0 Å². The Morgan fingerprint density at radius 1 is 1.05 bits per heavy atom. The molecular weight excluding hydrogens is 238 g/mol. The lowest BCUT2D eigenvalue weighted by atomic mass is 9.95. The van der Waals surface area contributed by atoms with E-state index in [1.54, 1.807) is 0 Å². The number of rotatable bonds is 2. The van der Waals surface area contributed by atoms with Crippen LogP contribution in [0.4, 0.5) is 11.8 Å². The van der Waals surface area contributed by atoms with Crippen LogP contribution < -0.4 is 16.4 Å². The molecule has 4 N–H and O–H groups in total. The number of aromatic nitrogens is 2. The van der Waals surface area contributed by atoms with Crippen LogP contribution in [0.2, 0.25) is 0 Å². The van der Waals surface area contributed by atoms with E-state index < -0.39 is 0 Å². The minimum absolute atomic E-state index is 0.402. The topological polar surface area (TPSA) is 75.9 Å². The molecule has 0 saturated heterocycles. The van der Waals surface area contributed by atoms with E-state index in [-0.39, 0.29) is 0 Å². The third kappa shape index (κ3) is 2.97. The number of nitrogens with zero attached hydrogens (tertiary/aromatic N) is 2. The molecule has 104 valence electrons. The van der Waals surface area contributed by atoms with Gasteiger partial charge in [0.05, 0.1) is 5.69 Å². The highest BCUT2D eigenvalue weighted by molar-refractivity contribution is 5.51. The molecule has 3 rings (SSSR count). The minimum Gasteiger partial charge on any atom is -0.368 e. The van der Waals surface area contributed by atoms with Crippen LogP contribution in [0.1, 0.15) is 43.4 Å². The van der Waals surface area contributed by atoms with Gasteiger partial charge in [0.15, 0.2) is 0 Å². The molecule has 0 spiro atoms. The molecular formula is C14H23N5. The van der Waals surface area contributed by atoms with Crippen LogP contribution in [0.5, 0.6) is 0 Å². The molecule has 2 aliphatic rings. The molecule has 0 bridgehead atoms. The van der Waals surface area contributed by atoms with E-state index in [2.05, 4.69) is 20.6 Å². The van der Waals surface area contributed by atoms with Crippen molar-refractivity contribution in [2.24, 2.45) is 0 Å². The van der Waals surface area contributed by atoms with E-state index in [4.69, 9.17) is 5.73 Å². The number of nitrogens with two attached hydrogens (primary N) is 1. The van der Waals surface area contributed by atoms with Gasteiger partial charge in [-0.25, -0.2) is 4.98 Å². The fourth-order valence-electron chi connectivity index (χ4n) is 3.12. The zero-order valence-corrected chi connectivity index (χ0v) is 11.4. The van der Waals surface area contributed by atoms with Crippen LogP contribution in [-0.2, 0) is 12.8 Å². The monoisotopic (exact) mass is 261 g/mol. The molecule has 0 unspecified atom stereocenters. The van der Waals surface area contributed by atoms with Crippen LogP contribution in [0, 0.1) is 0 Å². The summed E-state index contributed by atoms with van der Waals surface area (Å²) in [6.45, 7) is 1.98. The number of nitrogen functional groups attached to an aromatic ring is 1. The standard InChI is InChI=1S/C14H23N5/c15-14-18-12-7-9-16-8-6-11(12)13(19-14)17-10-4-2-1-3-5-10/h10,16H,1-9H2,(H3,15,17,18,19). The second-order valence-corrected chi connectivity index (χ2v) is 5.58. The molecule has 5 heteroatoms. The highest BCUT2D eigenvalue weighted by atomic mass is 15.1. The minimum atomic E-state index is 0.402. The van der Waals surface area contributed by atoms with Crippen LogP contribution in [0.3, 0.4) is 0 Å². The second-order valence-electron chi connectivity index (χ2n) is 5.58. The Morgan fingerprint density at radius 3 is 2.68 bits per heavy atom. The Kier molecular flexibility index (Phi) is 3.82. The van der Waals surface area contributed by atoms with Gasteiger partial charge >= 0.3 is 0 Å². The lowest BCUT2D eigenvalue weighted by Gasteiger charge is -2.25. The first-order valence-electron chi connectivity index (χ1n) is 7.45. The van der Waals surface area contributed by atoms with E-state index in [1.807, 2.05) is 0 Å². The summed E-state index contributed by atoms with van der Waals surface area (Å²) in [5.41, 5.74) is 8.25. The molecule has 1 aliphatic heterocycles. The van der Waals surface area contributed by atoms with Gasteiger partial charge in [0, 0.05) is 24.6 Å². The van der Waals surface area contributed by atoms with Crippen molar-refractivity contribution < 1.29 is 0 Å². The van der Waals surface area contributed by atoms with Crippen molar-refractivity contribution in [3.8, 4) is 0 Å². The first kappa shape index (κ1) is 12.7. The lowest BCUT2D eigenvalue weighted by molar-refractivity contribution is 0.461. The molecule has 1 aromatic heterocycles. The van der Waals surface area contributed by atoms with Crippen molar-refractivity contribution in [2.45, 2.75) is 51.0 Å². The van der Waals surface area contributed by atoms with Crippen molar-refractivity contribution in [1.82, 2.24) is 15.3 Å². The molecule has 1 fully saturated rings. The Labute approximate surface area is 114 Å². The third-order valence-electron chi connectivity index (χ3n) is 4.15. The fraction of sp³-hybridized carbons (Fsp3) is 0.714. The van der Waals surface area contributed by atoms with Gasteiger partial charge in [-0.15, -0.1) is 0 Å². The van der Waals surface area contributed by atoms with Crippen molar-refractivity contribution >= 4 is 11.8 Å². The summed E-state index contributed by atoms with van der Waals surface area (Å²) in [6, 6.07) is 0.559. The predicted octanol–water partition coefficient (Wildman–Crippen LogP) is 1.49. The summed E-state index contributed by atoms with van der Waals surface area (Å²) in [5.74, 6) is 1.39. The molecule has 0 aromatic carbocycles. The summed E-state index contributed by atoms with van der Waals surface area (Å²) >= 11 is 0. The first-order chi connectivity index (χ1) is 9.33. The predicted molar refractivity (Wildman–Crippen MR) is 77.2 cm³/mol. The van der Waals surface area contributed by atoms with Gasteiger partial charge in [-0.3, -0.25) is 0 Å². The molecule has 2 heterocycles. The van der Waals surface area contributed by atoms with Gasteiger partial charge < -0.3 is 16.4 Å². The second kappa shape index (κ2) is 5.74. The van der Waals surface area contributed by atoms with Gasteiger partial charge in [0.1, 0.15) is 5.82 Å². The lowest BCUT2D eigenvalue weighted by Crippen LogP contribution is -2.24. The summed E-state index contributed by atoms with van der Waals surface area (Å²) < 4.78 is 0. The highest BCUT2D eigenvalue weighted by Crippen LogP contribution is 2.25. The molecule has 1 aromatic rings. The molecule has 1 saturated carbocycles. The SMILES string of the molecule is Nc1nc2c(c(NC3CCCCC3)n1)CCNCC2. The average molecular weight is 261 g/mol. The average Bonchev–Trinajstić information content (AvgIpc) is 2.65. The smallest absolute Gasteiger partial charge is 0.222 e. The van der Waals surface area contributed by atoms with E-state index in [0.717, 1.165) is 37.4 Å². The molecule has 1 aliphatic carbocycles. The van der Waals surface area contributed by atoms with E-state index in [0.29, 0.717) is 12.0 Å². The maximum atomic E-state index is 5.86. The maximum Gasteiger partial charge on any atom is 0.222 e. The fourth-order valence-corrected chi connectivity index (χ4v) is 3.12. The summed E-state index contributed by atoms with van der Waals surface area (Å²) in [5, 5.41) is 7.03. The van der Waals surface area contributed by atoms with Crippen LogP contribution in [0.25, 0.3) is 0 Å². The van der Waals surface area contributed by atoms with E-state index in [9.17, 15) is 0 Å². The first-order valence-corrected chi connectivity index (χ1v) is 7.45. The molecule has 19 heavy (non-hydrogen) atoms. The van der Waals surface area contributed by atoms with Crippen molar-refractivity contribution in [2.75, 3.05) is 24.1 Å². The van der Waals surface area contributed by atoms with Crippen molar-refractivity contribution in [3.63, 3.8) is 0 Å². The van der Waals surface area contributed by atoms with Crippen LogP contribution in [0.15, 0.2) is 0 Å². The largest absolute Gasteiger partial charge is 0.368 e. The van der Waals surface area contributed by atoms with Gasteiger partial charge in [-0.05, 0) is 25.8 Å². The van der Waals surface area contributed by atoms with E-state index in [1.165, 1.54) is 37.7 Å². The summed E-state index contributed by atoms with van der Waals surface area (Å²) in [6.07, 6.45) is 8.44. The molecule has 0 amide bonds. The van der Waals surface area contributed by atoms with Crippen LogP contribution >= 0.6 is 0 Å². The van der Waals surface area contributed by atoms with Gasteiger partial charge in [-0.1, -0.05) is 19.3 Å². The number of nitrogens with one attached hydrogen (secondary N) is 2. The quantitative estimate of drug-likeness (QED) is 0.752. The number of fused-ring (bicyclic) bond motifs is 1. The zero-order valence-electron chi connectivity index (χ0n) is 11.4. The number of hydrogen-bond acceptors (Lipinski definition) is 5. The highest BCUT2D eigenvalue weighted by Gasteiger charge is 2.19. The molecule has 0 radical (unpaired) electrons. The summed E-state index contributed by atoms with van der Waals surface area (Å²) in [7, 11) is 0. The normalized spacial score (nSPS) is 20.6. The van der Waals surface area contributed by atoms with Gasteiger partial charge in [0.2, 0.25) is 5.95 Å². The number of hydrogen-bond donors (Lipinski definition) is 3. The third-order valence-corrected chi connectivity index (χ3v) is 4.15. The van der Waals surface area contributed by atoms with Crippen molar-refractivity contribution in [1.29, 1.82) is 0 Å².